The molecule has 0 fully saturated rings. The third-order valence-electron chi connectivity index (χ3n) is 2.46. The molecule has 1 N–H and O–H groups in total. The van der Waals surface area contributed by atoms with E-state index < -0.39 is 31.3 Å². The van der Waals surface area contributed by atoms with Gasteiger partial charge in [0.15, 0.2) is 0 Å². The summed E-state index contributed by atoms with van der Waals surface area (Å²) in [5.74, 6) is -1.19. The topological polar surface area (TPSA) is 138 Å². The Hall–Kier alpha value is -2.23. The summed E-state index contributed by atoms with van der Waals surface area (Å²) < 4.78 is 39.4. The molecule has 0 aliphatic rings. The van der Waals surface area contributed by atoms with E-state index in [2.05, 4.69) is 14.7 Å². The summed E-state index contributed by atoms with van der Waals surface area (Å²) in [4.78, 5) is 11.5. The number of hydrogen-bond acceptors (Lipinski definition) is 5. The van der Waals surface area contributed by atoms with E-state index in [0.717, 1.165) is 12.1 Å². The molecule has 21 heavy (non-hydrogen) atoms. The molecule has 1 aromatic carbocycles. The molecule has 0 aliphatic carbocycles. The molecule has 0 saturated heterocycles. The molecule has 1 rings (SSSR count). The summed E-state index contributed by atoms with van der Waals surface area (Å²) in [6.45, 7) is 0.282. The maximum absolute atomic E-state index is 13.6. The van der Waals surface area contributed by atoms with Gasteiger partial charge in [-0.3, -0.25) is 10.1 Å². The fourth-order valence-corrected chi connectivity index (χ4v) is 2.59. The number of benzene rings is 1. The average Bonchev–Trinajstić information content (AvgIpc) is 2.42. The van der Waals surface area contributed by atoms with Gasteiger partial charge < -0.3 is 0 Å². The highest BCUT2D eigenvalue weighted by Gasteiger charge is 2.21. The van der Waals surface area contributed by atoms with Gasteiger partial charge >= 0.3 is 0 Å². The quantitative estimate of drug-likeness (QED) is 0.196. The third kappa shape index (κ3) is 4.99. The average molecular weight is 317 g/mol. The molecule has 0 aromatic heterocycles. The van der Waals surface area contributed by atoms with Crippen molar-refractivity contribution >= 4 is 15.7 Å². The highest BCUT2D eigenvalue weighted by atomic mass is 32.2. The zero-order valence-corrected chi connectivity index (χ0v) is 11.6. The van der Waals surface area contributed by atoms with Gasteiger partial charge in [-0.2, -0.15) is 0 Å². The minimum absolute atomic E-state index is 0.0414. The van der Waals surface area contributed by atoms with Gasteiger partial charge in [0.1, 0.15) is 10.7 Å². The van der Waals surface area contributed by atoms with Crippen molar-refractivity contribution in [1.29, 1.82) is 0 Å². The number of nitrogens with zero attached hydrogens (tertiary/aromatic N) is 4. The van der Waals surface area contributed by atoms with Crippen LogP contribution in [0.4, 0.5) is 10.1 Å². The van der Waals surface area contributed by atoms with Crippen LogP contribution < -0.4 is 4.72 Å². The molecule has 0 radical (unpaired) electrons. The SMILES string of the molecule is [N-]=[N+]=NCCCCNS(=O)(=O)c1ccc([N+](=O)[O-])cc1F. The van der Waals surface area contributed by atoms with Gasteiger partial charge in [0.05, 0.1) is 11.0 Å². The second-order valence-electron chi connectivity index (χ2n) is 3.93. The summed E-state index contributed by atoms with van der Waals surface area (Å²) in [7, 11) is -4.08. The van der Waals surface area contributed by atoms with Crippen LogP contribution in [0.2, 0.25) is 0 Å². The van der Waals surface area contributed by atoms with Crippen molar-refractivity contribution in [2.24, 2.45) is 5.11 Å². The molecule has 11 heteroatoms. The van der Waals surface area contributed by atoms with Crippen LogP contribution in [0.15, 0.2) is 28.2 Å². The zero-order chi connectivity index (χ0) is 15.9. The zero-order valence-electron chi connectivity index (χ0n) is 10.8. The number of nitro benzene ring substituents is 1. The molecule has 0 heterocycles. The van der Waals surface area contributed by atoms with Crippen molar-refractivity contribution in [3.8, 4) is 0 Å². The first-order valence-corrected chi connectivity index (χ1v) is 7.31. The van der Waals surface area contributed by atoms with Crippen molar-refractivity contribution < 1.29 is 17.7 Å². The number of halogens is 1. The minimum atomic E-state index is -4.08. The van der Waals surface area contributed by atoms with Crippen LogP contribution in [0.25, 0.3) is 10.4 Å². The van der Waals surface area contributed by atoms with Crippen molar-refractivity contribution in [1.82, 2.24) is 4.72 Å². The Labute approximate surface area is 119 Å². The molecule has 114 valence electrons. The summed E-state index contributed by atoms with van der Waals surface area (Å²) in [5.41, 5.74) is 7.52. The van der Waals surface area contributed by atoms with Crippen LogP contribution >= 0.6 is 0 Å². The van der Waals surface area contributed by atoms with Gasteiger partial charge in [-0.1, -0.05) is 5.11 Å². The molecule has 0 amide bonds. The smallest absolute Gasteiger partial charge is 0.258 e. The number of sulfonamides is 1. The highest BCUT2D eigenvalue weighted by Crippen LogP contribution is 2.20. The Balaban J connectivity index is 2.70. The lowest BCUT2D eigenvalue weighted by Crippen LogP contribution is -2.25. The van der Waals surface area contributed by atoms with Gasteiger partial charge in [0.25, 0.3) is 5.69 Å². The number of nitro groups is 1. The predicted octanol–water partition coefficient (Wildman–Crippen LogP) is 2.10. The molecule has 1 aromatic rings. The van der Waals surface area contributed by atoms with E-state index in [1.807, 2.05) is 0 Å². The van der Waals surface area contributed by atoms with E-state index in [4.69, 9.17) is 5.53 Å². The Morgan fingerprint density at radius 3 is 2.71 bits per heavy atom. The predicted molar refractivity (Wildman–Crippen MR) is 71.5 cm³/mol. The highest BCUT2D eigenvalue weighted by molar-refractivity contribution is 7.89. The first-order chi connectivity index (χ1) is 9.88. The van der Waals surface area contributed by atoms with Crippen LogP contribution in [0, 0.1) is 15.9 Å². The lowest BCUT2D eigenvalue weighted by molar-refractivity contribution is -0.385. The van der Waals surface area contributed by atoms with Crippen molar-refractivity contribution in [2.45, 2.75) is 17.7 Å². The summed E-state index contributed by atoms with van der Waals surface area (Å²) in [5, 5.41) is 13.7. The van der Waals surface area contributed by atoms with Crippen LogP contribution in [-0.2, 0) is 10.0 Å². The molecule has 0 bridgehead atoms. The molecular formula is C10H12FN5O4S. The lowest BCUT2D eigenvalue weighted by Gasteiger charge is -2.07. The van der Waals surface area contributed by atoms with Crippen molar-refractivity contribution in [3.63, 3.8) is 0 Å². The van der Waals surface area contributed by atoms with E-state index in [9.17, 15) is 22.9 Å². The van der Waals surface area contributed by atoms with Crippen LogP contribution in [0.1, 0.15) is 12.8 Å². The second-order valence-corrected chi connectivity index (χ2v) is 5.67. The normalized spacial score (nSPS) is 10.9. The summed E-state index contributed by atoms with van der Waals surface area (Å²) >= 11 is 0. The molecule has 0 unspecified atom stereocenters. The number of unbranched alkanes of at least 4 members (excludes halogenated alkanes) is 1. The molecule has 9 nitrogen and oxygen atoms in total. The maximum atomic E-state index is 13.6. The van der Waals surface area contributed by atoms with Crippen LogP contribution in [-0.4, -0.2) is 26.4 Å². The Kier molecular flexibility index (Phi) is 6.03. The Bertz CT molecular complexity index is 672. The van der Waals surface area contributed by atoms with Gasteiger partial charge in [-0.15, -0.1) is 0 Å². The Morgan fingerprint density at radius 1 is 1.43 bits per heavy atom. The van der Waals surface area contributed by atoms with Crippen LogP contribution in [0.5, 0.6) is 0 Å². The molecule has 0 saturated carbocycles. The van der Waals surface area contributed by atoms with Crippen molar-refractivity contribution in [3.05, 3.63) is 44.6 Å². The van der Waals surface area contributed by atoms with E-state index in [1.165, 1.54) is 0 Å². The molecule has 0 spiro atoms. The van der Waals surface area contributed by atoms with E-state index in [-0.39, 0.29) is 13.1 Å². The number of azide groups is 1. The number of rotatable bonds is 8. The lowest BCUT2D eigenvalue weighted by atomic mass is 10.3. The van der Waals surface area contributed by atoms with Gasteiger partial charge in [-0.05, 0) is 24.4 Å². The largest absolute Gasteiger partial charge is 0.272 e. The minimum Gasteiger partial charge on any atom is -0.258 e. The summed E-state index contributed by atoms with van der Waals surface area (Å²) in [6.07, 6.45) is 0.891. The number of non-ortho nitro benzene ring substituents is 1. The maximum Gasteiger partial charge on any atom is 0.272 e. The van der Waals surface area contributed by atoms with E-state index in [1.54, 1.807) is 0 Å². The first kappa shape index (κ1) is 16.8. The standard InChI is InChI=1S/C10H12FN5O4S/c11-9-7-8(16(17)18)3-4-10(9)21(19,20)14-6-2-1-5-13-15-12/h3-4,7,14H,1-2,5-6H2. The number of hydrogen-bond donors (Lipinski definition) is 1. The fraction of sp³-hybridized carbons (Fsp3) is 0.400. The molecular weight excluding hydrogens is 305 g/mol. The fourth-order valence-electron chi connectivity index (χ4n) is 1.46. The van der Waals surface area contributed by atoms with Gasteiger partial charge in [0, 0.05) is 24.1 Å². The monoisotopic (exact) mass is 317 g/mol. The van der Waals surface area contributed by atoms with Gasteiger partial charge in [-0.25, -0.2) is 17.5 Å². The Morgan fingerprint density at radius 2 is 2.14 bits per heavy atom. The van der Waals surface area contributed by atoms with Gasteiger partial charge in [0.2, 0.25) is 10.0 Å². The van der Waals surface area contributed by atoms with E-state index >= 15 is 0 Å². The summed E-state index contributed by atoms with van der Waals surface area (Å²) in [6, 6.07) is 2.31. The molecule has 0 aliphatic heterocycles. The second kappa shape index (κ2) is 7.53. The third-order valence-corrected chi connectivity index (χ3v) is 3.95. The van der Waals surface area contributed by atoms with Crippen molar-refractivity contribution in [2.75, 3.05) is 13.1 Å². The number of nitrogens with one attached hydrogen (secondary N) is 1. The first-order valence-electron chi connectivity index (χ1n) is 5.83. The van der Waals surface area contributed by atoms with Crippen LogP contribution in [0.3, 0.4) is 0 Å². The molecule has 0 atom stereocenters. The van der Waals surface area contributed by atoms with E-state index in [0.29, 0.717) is 18.9 Å².